The van der Waals surface area contributed by atoms with Crippen LogP contribution < -0.4 is 0 Å². The van der Waals surface area contributed by atoms with Crippen molar-refractivity contribution in [2.24, 2.45) is 5.92 Å². The molecule has 12 rings (SSSR count). The minimum atomic E-state index is 0.284. The molecule has 0 fully saturated rings. The van der Waals surface area contributed by atoms with Gasteiger partial charge in [-0.1, -0.05) is 188 Å². The van der Waals surface area contributed by atoms with Crippen molar-refractivity contribution in [3.8, 4) is 22.3 Å². The average molecular weight is 724 g/mol. The Kier molecular flexibility index (Phi) is 7.12. The van der Waals surface area contributed by atoms with E-state index in [-0.39, 0.29) is 5.92 Å². The summed E-state index contributed by atoms with van der Waals surface area (Å²) in [5.74, 6) is 0.284. The molecule has 2 aliphatic rings. The van der Waals surface area contributed by atoms with Crippen molar-refractivity contribution in [2.45, 2.75) is 6.42 Å². The molecule has 1 aromatic heterocycles. The maximum atomic E-state index is 2.58. The molecule has 1 heterocycles. The molecular weight excluding hydrogens is 687 g/mol. The quantitative estimate of drug-likeness (QED) is 0.159. The number of nitrogens with zero attached hydrogens (tertiary/aromatic N) is 1. The molecule has 0 N–H and O–H groups in total. The molecule has 266 valence electrons. The highest BCUT2D eigenvalue weighted by Gasteiger charge is 2.30. The van der Waals surface area contributed by atoms with Crippen LogP contribution in [0.15, 0.2) is 212 Å². The molecule has 1 unspecified atom stereocenters. The van der Waals surface area contributed by atoms with Gasteiger partial charge in [-0.15, -0.1) is 0 Å². The highest BCUT2D eigenvalue weighted by atomic mass is 15.0. The van der Waals surface area contributed by atoms with Crippen LogP contribution in [0.25, 0.3) is 98.4 Å². The fourth-order valence-electron chi connectivity index (χ4n) is 10.1. The molecule has 0 spiro atoms. The number of allylic oxidation sites excluding steroid dienone is 8. The van der Waals surface area contributed by atoms with Crippen molar-refractivity contribution < 1.29 is 0 Å². The second-order valence-electron chi connectivity index (χ2n) is 15.5. The molecule has 57 heavy (non-hydrogen) atoms. The van der Waals surface area contributed by atoms with Crippen LogP contribution >= 0.6 is 0 Å². The van der Waals surface area contributed by atoms with Crippen LogP contribution in [0.2, 0.25) is 0 Å². The maximum absolute atomic E-state index is 2.58. The summed E-state index contributed by atoms with van der Waals surface area (Å²) in [6.45, 7) is 0. The zero-order chi connectivity index (χ0) is 37.5. The Morgan fingerprint density at radius 1 is 0.386 bits per heavy atom. The largest absolute Gasteiger partial charge is 0.308 e. The van der Waals surface area contributed by atoms with E-state index in [1.807, 2.05) is 0 Å². The van der Waals surface area contributed by atoms with Gasteiger partial charge in [-0.25, -0.2) is 0 Å². The van der Waals surface area contributed by atoms with Crippen molar-refractivity contribution in [3.63, 3.8) is 0 Å². The lowest BCUT2D eigenvalue weighted by Gasteiger charge is -2.31. The number of hydrogen-bond donors (Lipinski definition) is 0. The molecule has 9 aromatic carbocycles. The van der Waals surface area contributed by atoms with Crippen LogP contribution in [0.4, 0.5) is 0 Å². The van der Waals surface area contributed by atoms with Gasteiger partial charge < -0.3 is 4.57 Å². The number of benzene rings is 9. The van der Waals surface area contributed by atoms with Crippen LogP contribution in [0.1, 0.15) is 12.0 Å². The van der Waals surface area contributed by atoms with Gasteiger partial charge in [0.25, 0.3) is 0 Å². The first-order valence-corrected chi connectivity index (χ1v) is 20.0. The predicted molar refractivity (Wildman–Crippen MR) is 244 cm³/mol. The second-order valence-corrected chi connectivity index (χ2v) is 15.5. The number of para-hydroxylation sites is 1. The zero-order valence-electron chi connectivity index (χ0n) is 31.4. The van der Waals surface area contributed by atoms with Crippen molar-refractivity contribution in [1.29, 1.82) is 0 Å². The van der Waals surface area contributed by atoms with E-state index in [1.54, 1.807) is 0 Å². The third-order valence-corrected chi connectivity index (χ3v) is 12.5. The lowest BCUT2D eigenvalue weighted by Crippen LogP contribution is -2.16. The Morgan fingerprint density at radius 2 is 0.965 bits per heavy atom. The normalized spacial score (nSPS) is 15.4. The van der Waals surface area contributed by atoms with E-state index in [0.29, 0.717) is 0 Å². The van der Waals surface area contributed by atoms with Gasteiger partial charge in [0.05, 0.1) is 16.7 Å². The van der Waals surface area contributed by atoms with Crippen LogP contribution in [-0.4, -0.2) is 4.57 Å². The Hall–Kier alpha value is -7.22. The van der Waals surface area contributed by atoms with E-state index in [4.69, 9.17) is 0 Å². The molecular formula is C56H37N. The van der Waals surface area contributed by atoms with E-state index in [2.05, 4.69) is 211 Å². The Balaban J connectivity index is 1.20. The van der Waals surface area contributed by atoms with Crippen LogP contribution in [-0.2, 0) is 0 Å². The SMILES string of the molecule is C1=CCC2C(=C1)C(n1c3ccccc3c3c4c5ccccc5c(-c5ccc(-c6ccccc6)c6ccccc56)cc4c4ccccc4c31)=CC=C2c1ccccc1. The molecule has 1 heteroatoms. The average Bonchev–Trinajstić information content (AvgIpc) is 3.63. The van der Waals surface area contributed by atoms with E-state index >= 15 is 0 Å². The van der Waals surface area contributed by atoms with Gasteiger partial charge in [-0.2, -0.15) is 0 Å². The van der Waals surface area contributed by atoms with Crippen molar-refractivity contribution in [1.82, 2.24) is 4.57 Å². The number of fused-ring (bicyclic) bond motifs is 12. The molecule has 2 aliphatic carbocycles. The van der Waals surface area contributed by atoms with Gasteiger partial charge in [0, 0.05) is 27.5 Å². The maximum Gasteiger partial charge on any atom is 0.0626 e. The number of rotatable bonds is 4. The van der Waals surface area contributed by atoms with E-state index in [0.717, 1.165) is 6.42 Å². The summed E-state index contributed by atoms with van der Waals surface area (Å²) in [7, 11) is 0. The topological polar surface area (TPSA) is 4.93 Å². The lowest BCUT2D eigenvalue weighted by atomic mass is 9.77. The molecule has 0 radical (unpaired) electrons. The minimum absolute atomic E-state index is 0.284. The van der Waals surface area contributed by atoms with Gasteiger partial charge in [0.2, 0.25) is 0 Å². The molecule has 0 aliphatic heterocycles. The summed E-state index contributed by atoms with van der Waals surface area (Å²) < 4.78 is 2.58. The lowest BCUT2D eigenvalue weighted by molar-refractivity contribution is 0.796. The minimum Gasteiger partial charge on any atom is -0.308 e. The number of aromatic nitrogens is 1. The molecule has 0 saturated carbocycles. The Labute approximate surface area is 331 Å². The molecule has 0 bridgehead atoms. The first kappa shape index (κ1) is 32.1. The van der Waals surface area contributed by atoms with E-state index in [1.165, 1.54) is 110 Å². The first-order chi connectivity index (χ1) is 28.3. The van der Waals surface area contributed by atoms with Gasteiger partial charge in [0.15, 0.2) is 0 Å². The van der Waals surface area contributed by atoms with E-state index < -0.39 is 0 Å². The molecule has 10 aromatic rings. The Bertz CT molecular complexity index is 3410. The summed E-state index contributed by atoms with van der Waals surface area (Å²) in [4.78, 5) is 0. The summed E-state index contributed by atoms with van der Waals surface area (Å²) in [5, 5.41) is 12.8. The Morgan fingerprint density at radius 3 is 1.72 bits per heavy atom. The third-order valence-electron chi connectivity index (χ3n) is 12.5. The summed E-state index contributed by atoms with van der Waals surface area (Å²) in [6.07, 6.45) is 12.7. The highest BCUT2D eigenvalue weighted by Crippen LogP contribution is 2.50. The molecule has 0 saturated heterocycles. The van der Waals surface area contributed by atoms with Crippen LogP contribution in [0, 0.1) is 5.92 Å². The molecule has 0 amide bonds. The fraction of sp³-hybridized carbons (Fsp3) is 0.0357. The fourth-order valence-corrected chi connectivity index (χ4v) is 10.1. The summed E-state index contributed by atoms with van der Waals surface area (Å²) >= 11 is 0. The van der Waals surface area contributed by atoms with Crippen LogP contribution in [0.3, 0.4) is 0 Å². The van der Waals surface area contributed by atoms with Gasteiger partial charge in [-0.05, 0) is 95.9 Å². The summed E-state index contributed by atoms with van der Waals surface area (Å²) in [6, 6.07) is 65.0. The van der Waals surface area contributed by atoms with Gasteiger partial charge >= 0.3 is 0 Å². The third kappa shape index (κ3) is 4.76. The smallest absolute Gasteiger partial charge is 0.0626 e. The van der Waals surface area contributed by atoms with Crippen LogP contribution in [0.5, 0.6) is 0 Å². The second kappa shape index (κ2) is 12.7. The monoisotopic (exact) mass is 723 g/mol. The van der Waals surface area contributed by atoms with Crippen molar-refractivity contribution >= 4 is 76.2 Å². The first-order valence-electron chi connectivity index (χ1n) is 20.0. The van der Waals surface area contributed by atoms with Crippen molar-refractivity contribution in [2.75, 3.05) is 0 Å². The molecule has 1 nitrogen and oxygen atoms in total. The standard InChI is InChI=1S/C56H37N/c1-3-17-36(18-4-1)38-31-32-45(42-23-8-7-21-40(38)42)50-35-51-44-25-11-14-28-48(44)56-55(54(51)47-27-13-10-24-43(47)50)49-29-15-16-30-52(49)57(56)53-34-33-39(37-19-5-2-6-20-37)41-22-9-12-26-46(41)53/h1-21,23-35,41H,22H2. The highest BCUT2D eigenvalue weighted by molar-refractivity contribution is 6.38. The predicted octanol–water partition coefficient (Wildman–Crippen LogP) is 15.2. The van der Waals surface area contributed by atoms with E-state index in [9.17, 15) is 0 Å². The van der Waals surface area contributed by atoms with Gasteiger partial charge in [0.1, 0.15) is 0 Å². The van der Waals surface area contributed by atoms with Crippen molar-refractivity contribution in [3.05, 3.63) is 217 Å². The number of hydrogen-bond acceptors (Lipinski definition) is 0. The zero-order valence-corrected chi connectivity index (χ0v) is 31.4. The summed E-state index contributed by atoms with van der Waals surface area (Å²) in [5.41, 5.74) is 12.8. The van der Waals surface area contributed by atoms with Gasteiger partial charge in [-0.3, -0.25) is 0 Å². The molecule has 1 atom stereocenters.